The fourth-order valence-corrected chi connectivity index (χ4v) is 1.33. The van der Waals surface area contributed by atoms with Gasteiger partial charge in [0.25, 0.3) is 0 Å². The summed E-state index contributed by atoms with van der Waals surface area (Å²) in [5, 5.41) is 11.1. The van der Waals surface area contributed by atoms with Crippen molar-refractivity contribution in [2.24, 2.45) is 0 Å². The molecule has 102 valence electrons. The number of rotatable bonds is 5. The normalized spacial score (nSPS) is 10.7. The first-order chi connectivity index (χ1) is 9.06. The molecule has 1 aromatic carbocycles. The molecule has 19 heavy (non-hydrogen) atoms. The lowest BCUT2D eigenvalue weighted by Crippen LogP contribution is -2.27. The quantitative estimate of drug-likeness (QED) is 0.789. The zero-order chi connectivity index (χ0) is 14.3. The van der Waals surface area contributed by atoms with Crippen molar-refractivity contribution < 1.29 is 24.2 Å². The van der Waals surface area contributed by atoms with E-state index < -0.39 is 12.1 Å². The second-order valence-corrected chi connectivity index (χ2v) is 3.59. The molecular weight excluding hydrogens is 250 g/mol. The molecule has 0 aliphatic heterocycles. The van der Waals surface area contributed by atoms with Crippen LogP contribution >= 0.6 is 0 Å². The number of amides is 1. The molecule has 1 rings (SSSR count). The fourth-order valence-electron chi connectivity index (χ4n) is 1.33. The van der Waals surface area contributed by atoms with Crippen molar-refractivity contribution >= 4 is 12.1 Å². The Balaban J connectivity index is 2.74. The first-order valence-corrected chi connectivity index (χ1v) is 5.48. The Hall–Kier alpha value is -2.50. The molecule has 2 N–H and O–H groups in total. The van der Waals surface area contributed by atoms with Gasteiger partial charge in [-0.3, -0.25) is 5.32 Å². The molecule has 0 fully saturated rings. The number of carboxylic acids is 1. The molecule has 0 heterocycles. The summed E-state index contributed by atoms with van der Waals surface area (Å²) in [6.07, 6.45) is 0.958. The highest BCUT2D eigenvalue weighted by atomic mass is 16.5. The van der Waals surface area contributed by atoms with Crippen LogP contribution in [0.3, 0.4) is 0 Å². The van der Waals surface area contributed by atoms with Gasteiger partial charge in [0, 0.05) is 0 Å². The maximum atomic E-state index is 11.0. The number of aliphatic carboxylic acids is 1. The summed E-state index contributed by atoms with van der Waals surface area (Å²) < 4.78 is 9.36. The first-order valence-electron chi connectivity index (χ1n) is 5.48. The summed E-state index contributed by atoms with van der Waals surface area (Å²) in [6, 6.07) is 7.18. The molecule has 1 aromatic rings. The van der Waals surface area contributed by atoms with E-state index >= 15 is 0 Å². The first kappa shape index (κ1) is 14.6. The maximum absolute atomic E-state index is 11.0. The lowest BCUT2D eigenvalue weighted by molar-refractivity contribution is -0.133. The van der Waals surface area contributed by atoms with E-state index in [1.165, 1.54) is 6.08 Å². The molecule has 6 heteroatoms. The number of carbonyl (C=O) groups is 2. The summed E-state index contributed by atoms with van der Waals surface area (Å²) in [7, 11) is 2.73. The standard InChI is InChI=1S/C13H15NO5/c1-18-10-6-3-9(4-7-10)5-8-11(12(15)16)14-13(17)19-2/h3-4,6-8H,5H2,1-2H3,(H,14,17)(H,15,16)/b11-8-. The Labute approximate surface area is 110 Å². The predicted octanol–water partition coefficient (Wildman–Crippen LogP) is 1.56. The molecule has 0 aliphatic carbocycles. The van der Waals surface area contributed by atoms with Gasteiger partial charge in [-0.1, -0.05) is 12.1 Å². The van der Waals surface area contributed by atoms with Crippen molar-refractivity contribution in [3.05, 3.63) is 41.6 Å². The summed E-state index contributed by atoms with van der Waals surface area (Å²) in [6.45, 7) is 0. The van der Waals surface area contributed by atoms with Crippen LogP contribution in [0, 0.1) is 0 Å². The number of methoxy groups -OCH3 is 2. The van der Waals surface area contributed by atoms with Crippen molar-refractivity contribution in [2.75, 3.05) is 14.2 Å². The van der Waals surface area contributed by atoms with E-state index in [2.05, 4.69) is 10.1 Å². The van der Waals surface area contributed by atoms with Crippen molar-refractivity contribution in [3.8, 4) is 5.75 Å². The Morgan fingerprint density at radius 1 is 1.26 bits per heavy atom. The number of benzene rings is 1. The van der Waals surface area contributed by atoms with Crippen LogP contribution in [0.5, 0.6) is 5.75 Å². The highest BCUT2D eigenvalue weighted by molar-refractivity contribution is 5.90. The van der Waals surface area contributed by atoms with Crippen LogP contribution in [-0.4, -0.2) is 31.4 Å². The summed E-state index contributed by atoms with van der Waals surface area (Å²) in [5.41, 5.74) is 0.675. The summed E-state index contributed by atoms with van der Waals surface area (Å²) in [4.78, 5) is 21.9. The van der Waals surface area contributed by atoms with Gasteiger partial charge in [0.1, 0.15) is 11.4 Å². The van der Waals surface area contributed by atoms with Crippen LogP contribution in [0.25, 0.3) is 0 Å². The molecular formula is C13H15NO5. The average molecular weight is 265 g/mol. The third-order valence-electron chi connectivity index (χ3n) is 2.35. The Kier molecular flexibility index (Phi) is 5.40. The molecule has 0 aliphatic rings. The largest absolute Gasteiger partial charge is 0.497 e. The lowest BCUT2D eigenvalue weighted by atomic mass is 10.1. The van der Waals surface area contributed by atoms with Gasteiger partial charge in [-0.25, -0.2) is 9.59 Å². The Bertz CT molecular complexity index is 478. The van der Waals surface area contributed by atoms with E-state index in [4.69, 9.17) is 9.84 Å². The van der Waals surface area contributed by atoms with Crippen LogP contribution in [0.4, 0.5) is 4.79 Å². The second-order valence-electron chi connectivity index (χ2n) is 3.59. The molecule has 0 saturated carbocycles. The molecule has 0 bridgehead atoms. The van der Waals surface area contributed by atoms with E-state index in [1.807, 2.05) is 12.1 Å². The maximum Gasteiger partial charge on any atom is 0.411 e. The molecule has 6 nitrogen and oxygen atoms in total. The number of carbonyl (C=O) groups excluding carboxylic acids is 1. The molecule has 0 unspecified atom stereocenters. The number of carboxylic acid groups (broad SMARTS) is 1. The molecule has 0 radical (unpaired) electrons. The minimum Gasteiger partial charge on any atom is -0.497 e. The van der Waals surface area contributed by atoms with Crippen LogP contribution in [0.2, 0.25) is 0 Å². The highest BCUT2D eigenvalue weighted by Gasteiger charge is 2.10. The molecule has 0 saturated heterocycles. The minimum absolute atomic E-state index is 0.220. The van der Waals surface area contributed by atoms with Gasteiger partial charge >= 0.3 is 12.1 Å². The molecule has 0 spiro atoms. The molecule has 0 atom stereocenters. The van der Waals surface area contributed by atoms with Crippen LogP contribution < -0.4 is 10.1 Å². The zero-order valence-electron chi connectivity index (χ0n) is 10.7. The van der Waals surface area contributed by atoms with Gasteiger partial charge in [-0.05, 0) is 30.2 Å². The average Bonchev–Trinajstić information content (AvgIpc) is 2.43. The minimum atomic E-state index is -1.22. The summed E-state index contributed by atoms with van der Waals surface area (Å²) >= 11 is 0. The zero-order valence-corrected chi connectivity index (χ0v) is 10.7. The fraction of sp³-hybridized carbons (Fsp3) is 0.231. The van der Waals surface area contributed by atoms with E-state index in [1.54, 1.807) is 19.2 Å². The molecule has 0 aromatic heterocycles. The Morgan fingerprint density at radius 3 is 2.37 bits per heavy atom. The van der Waals surface area contributed by atoms with Crippen LogP contribution in [0.15, 0.2) is 36.0 Å². The van der Waals surface area contributed by atoms with E-state index in [-0.39, 0.29) is 5.70 Å². The topological polar surface area (TPSA) is 84.9 Å². The number of alkyl carbamates (subject to hydrolysis) is 1. The smallest absolute Gasteiger partial charge is 0.411 e. The number of ether oxygens (including phenoxy) is 2. The van der Waals surface area contributed by atoms with Crippen molar-refractivity contribution in [3.63, 3.8) is 0 Å². The van der Waals surface area contributed by atoms with E-state index in [0.29, 0.717) is 6.42 Å². The molecule has 1 amide bonds. The third-order valence-corrected chi connectivity index (χ3v) is 2.35. The van der Waals surface area contributed by atoms with E-state index in [0.717, 1.165) is 18.4 Å². The van der Waals surface area contributed by atoms with Crippen molar-refractivity contribution in [1.82, 2.24) is 5.32 Å². The third kappa shape index (κ3) is 4.71. The summed E-state index contributed by atoms with van der Waals surface area (Å²) in [5.74, 6) is -0.502. The van der Waals surface area contributed by atoms with Gasteiger partial charge in [0.2, 0.25) is 0 Å². The van der Waals surface area contributed by atoms with Gasteiger partial charge in [-0.2, -0.15) is 0 Å². The SMILES string of the molecule is COC(=O)N/C(=C\Cc1ccc(OC)cc1)C(=O)O. The lowest BCUT2D eigenvalue weighted by Gasteiger charge is -2.05. The highest BCUT2D eigenvalue weighted by Crippen LogP contribution is 2.12. The van der Waals surface area contributed by atoms with Crippen LogP contribution in [0.1, 0.15) is 5.56 Å². The predicted molar refractivity (Wildman–Crippen MR) is 68.0 cm³/mol. The number of hydrogen-bond donors (Lipinski definition) is 2. The number of allylic oxidation sites excluding steroid dienone is 1. The van der Waals surface area contributed by atoms with Gasteiger partial charge in [0.05, 0.1) is 14.2 Å². The van der Waals surface area contributed by atoms with Gasteiger partial charge in [0.15, 0.2) is 0 Å². The van der Waals surface area contributed by atoms with Gasteiger partial charge < -0.3 is 14.6 Å². The monoisotopic (exact) mass is 265 g/mol. The van der Waals surface area contributed by atoms with Gasteiger partial charge in [-0.15, -0.1) is 0 Å². The number of nitrogens with one attached hydrogen (secondary N) is 1. The Morgan fingerprint density at radius 2 is 1.89 bits per heavy atom. The van der Waals surface area contributed by atoms with Crippen molar-refractivity contribution in [2.45, 2.75) is 6.42 Å². The second kappa shape index (κ2) is 7.05. The number of hydrogen-bond acceptors (Lipinski definition) is 4. The van der Waals surface area contributed by atoms with Crippen LogP contribution in [-0.2, 0) is 16.0 Å². The van der Waals surface area contributed by atoms with E-state index in [9.17, 15) is 9.59 Å². The van der Waals surface area contributed by atoms with Crippen molar-refractivity contribution in [1.29, 1.82) is 0 Å².